The van der Waals surface area contributed by atoms with E-state index in [1.165, 1.54) is 50.9 Å². The third kappa shape index (κ3) is 4.21. The van der Waals surface area contributed by atoms with Crippen LogP contribution in [0.25, 0.3) is 0 Å². The van der Waals surface area contributed by atoms with E-state index in [2.05, 4.69) is 44.3 Å². The molecule has 1 aromatic carbocycles. The molecule has 3 rings (SSSR count). The zero-order valence-corrected chi connectivity index (χ0v) is 14.2. The Balaban J connectivity index is 1.52. The number of ether oxygens (including phenoxy) is 1. The van der Waals surface area contributed by atoms with Crippen molar-refractivity contribution < 1.29 is 4.74 Å². The second-order valence-corrected chi connectivity index (χ2v) is 7.00. The molecule has 2 aliphatic rings. The van der Waals surface area contributed by atoms with Gasteiger partial charge in [-0.3, -0.25) is 0 Å². The first-order valence-corrected chi connectivity index (χ1v) is 9.00. The SMILES string of the molecule is Brc1ccc2c(c1)OCCCC2NCCCN1CCCC1. The molecule has 21 heavy (non-hydrogen) atoms. The molecule has 0 amide bonds. The highest BCUT2D eigenvalue weighted by Gasteiger charge is 2.19. The summed E-state index contributed by atoms with van der Waals surface area (Å²) >= 11 is 3.53. The van der Waals surface area contributed by atoms with E-state index in [-0.39, 0.29) is 0 Å². The second kappa shape index (κ2) is 7.61. The van der Waals surface area contributed by atoms with Gasteiger partial charge in [0.15, 0.2) is 0 Å². The number of benzene rings is 1. The van der Waals surface area contributed by atoms with Gasteiger partial charge in [0.25, 0.3) is 0 Å². The Bertz CT molecular complexity index is 460. The average Bonchev–Trinajstić information content (AvgIpc) is 2.92. The number of likely N-dealkylation sites (tertiary alicyclic amines) is 1. The van der Waals surface area contributed by atoms with Crippen LogP contribution >= 0.6 is 15.9 Å². The van der Waals surface area contributed by atoms with Crippen LogP contribution in [-0.2, 0) is 0 Å². The number of rotatable bonds is 5. The minimum Gasteiger partial charge on any atom is -0.493 e. The molecule has 4 heteroatoms. The van der Waals surface area contributed by atoms with Crippen LogP contribution in [0.3, 0.4) is 0 Å². The topological polar surface area (TPSA) is 24.5 Å². The van der Waals surface area contributed by atoms with E-state index < -0.39 is 0 Å². The van der Waals surface area contributed by atoms with E-state index in [1.54, 1.807) is 0 Å². The molecular formula is C17H25BrN2O. The van der Waals surface area contributed by atoms with Gasteiger partial charge in [0.2, 0.25) is 0 Å². The fourth-order valence-electron chi connectivity index (χ4n) is 3.34. The molecule has 1 unspecified atom stereocenters. The molecule has 1 fully saturated rings. The molecule has 1 saturated heterocycles. The maximum absolute atomic E-state index is 5.87. The second-order valence-electron chi connectivity index (χ2n) is 6.08. The third-order valence-electron chi connectivity index (χ3n) is 4.49. The summed E-state index contributed by atoms with van der Waals surface area (Å²) in [6, 6.07) is 6.85. The molecule has 0 aromatic heterocycles. The van der Waals surface area contributed by atoms with Crippen molar-refractivity contribution in [1.82, 2.24) is 10.2 Å². The quantitative estimate of drug-likeness (QED) is 0.817. The summed E-state index contributed by atoms with van der Waals surface area (Å²) < 4.78 is 6.96. The summed E-state index contributed by atoms with van der Waals surface area (Å²) in [5.74, 6) is 1.04. The average molecular weight is 353 g/mol. The molecular weight excluding hydrogens is 328 g/mol. The number of hydrogen-bond acceptors (Lipinski definition) is 3. The van der Waals surface area contributed by atoms with Gasteiger partial charge in [-0.1, -0.05) is 22.0 Å². The maximum Gasteiger partial charge on any atom is 0.125 e. The van der Waals surface area contributed by atoms with Gasteiger partial charge in [-0.2, -0.15) is 0 Å². The Kier molecular flexibility index (Phi) is 5.55. The van der Waals surface area contributed by atoms with Crippen molar-refractivity contribution in [3.8, 4) is 5.75 Å². The minimum absolute atomic E-state index is 0.439. The van der Waals surface area contributed by atoms with E-state index in [4.69, 9.17) is 4.74 Å². The molecule has 2 aliphatic heterocycles. The smallest absolute Gasteiger partial charge is 0.125 e. The molecule has 0 aliphatic carbocycles. The Morgan fingerprint density at radius 3 is 2.95 bits per heavy atom. The highest BCUT2D eigenvalue weighted by Crippen LogP contribution is 2.33. The summed E-state index contributed by atoms with van der Waals surface area (Å²) in [5, 5.41) is 3.74. The molecule has 3 nitrogen and oxygen atoms in total. The van der Waals surface area contributed by atoms with Gasteiger partial charge < -0.3 is 15.0 Å². The van der Waals surface area contributed by atoms with E-state index in [0.717, 1.165) is 29.8 Å². The van der Waals surface area contributed by atoms with E-state index in [0.29, 0.717) is 6.04 Å². The third-order valence-corrected chi connectivity index (χ3v) is 4.98. The molecule has 1 N–H and O–H groups in total. The van der Waals surface area contributed by atoms with Crippen molar-refractivity contribution in [3.63, 3.8) is 0 Å². The van der Waals surface area contributed by atoms with Crippen LogP contribution in [0.4, 0.5) is 0 Å². The largest absolute Gasteiger partial charge is 0.493 e. The standard InChI is InChI=1S/C17H25BrN2O/c18-14-6-7-15-16(5-3-12-21-17(15)13-14)19-8-4-11-20-9-1-2-10-20/h6-7,13,16,19H,1-5,8-12H2. The lowest BCUT2D eigenvalue weighted by molar-refractivity contribution is 0.313. The summed E-state index contributed by atoms with van der Waals surface area (Å²) in [4.78, 5) is 2.59. The molecule has 2 heterocycles. The van der Waals surface area contributed by atoms with Crippen LogP contribution in [-0.4, -0.2) is 37.7 Å². The molecule has 0 saturated carbocycles. The molecule has 116 valence electrons. The number of nitrogens with zero attached hydrogens (tertiary/aromatic N) is 1. The number of nitrogens with one attached hydrogen (secondary N) is 1. The first-order chi connectivity index (χ1) is 10.3. The van der Waals surface area contributed by atoms with Crippen molar-refractivity contribution in [2.45, 2.75) is 38.1 Å². The fraction of sp³-hybridized carbons (Fsp3) is 0.647. The van der Waals surface area contributed by atoms with E-state index in [1.807, 2.05) is 0 Å². The van der Waals surface area contributed by atoms with Gasteiger partial charge >= 0.3 is 0 Å². The number of halogens is 1. The van der Waals surface area contributed by atoms with Crippen molar-refractivity contribution >= 4 is 15.9 Å². The molecule has 0 bridgehead atoms. The van der Waals surface area contributed by atoms with Crippen LogP contribution in [0.15, 0.2) is 22.7 Å². The first kappa shape index (κ1) is 15.3. The Labute approximate surface area is 136 Å². The fourth-order valence-corrected chi connectivity index (χ4v) is 3.68. The van der Waals surface area contributed by atoms with Crippen LogP contribution in [0.2, 0.25) is 0 Å². The van der Waals surface area contributed by atoms with Crippen molar-refractivity contribution in [2.75, 3.05) is 32.8 Å². The van der Waals surface area contributed by atoms with Gasteiger partial charge in [-0.05, 0) is 70.4 Å². The Morgan fingerprint density at radius 1 is 1.24 bits per heavy atom. The van der Waals surface area contributed by atoms with Gasteiger partial charge in [0, 0.05) is 16.1 Å². The predicted molar refractivity (Wildman–Crippen MR) is 89.9 cm³/mol. The van der Waals surface area contributed by atoms with Crippen LogP contribution in [0, 0.1) is 0 Å². The summed E-state index contributed by atoms with van der Waals surface area (Å²) in [5.41, 5.74) is 1.32. The van der Waals surface area contributed by atoms with Crippen molar-refractivity contribution in [3.05, 3.63) is 28.2 Å². The lowest BCUT2D eigenvalue weighted by atomic mass is 10.0. The number of hydrogen-bond donors (Lipinski definition) is 1. The zero-order chi connectivity index (χ0) is 14.5. The summed E-state index contributed by atoms with van der Waals surface area (Å²) in [6.07, 6.45) is 6.29. The molecule has 0 spiro atoms. The Morgan fingerprint density at radius 2 is 2.10 bits per heavy atom. The lowest BCUT2D eigenvalue weighted by Crippen LogP contribution is -2.27. The van der Waals surface area contributed by atoms with Gasteiger partial charge in [-0.15, -0.1) is 0 Å². The Hall–Kier alpha value is -0.580. The van der Waals surface area contributed by atoms with Gasteiger partial charge in [0.05, 0.1) is 6.61 Å². The molecule has 0 radical (unpaired) electrons. The van der Waals surface area contributed by atoms with E-state index >= 15 is 0 Å². The highest BCUT2D eigenvalue weighted by molar-refractivity contribution is 9.10. The van der Waals surface area contributed by atoms with Crippen LogP contribution in [0.1, 0.15) is 43.7 Å². The monoisotopic (exact) mass is 352 g/mol. The number of fused-ring (bicyclic) bond motifs is 1. The first-order valence-electron chi connectivity index (χ1n) is 8.21. The van der Waals surface area contributed by atoms with Crippen molar-refractivity contribution in [2.24, 2.45) is 0 Å². The van der Waals surface area contributed by atoms with Gasteiger partial charge in [0.1, 0.15) is 5.75 Å². The summed E-state index contributed by atoms with van der Waals surface area (Å²) in [7, 11) is 0. The zero-order valence-electron chi connectivity index (χ0n) is 12.6. The molecule has 1 atom stereocenters. The molecule has 1 aromatic rings. The normalized spacial score (nSPS) is 22.6. The van der Waals surface area contributed by atoms with E-state index in [9.17, 15) is 0 Å². The van der Waals surface area contributed by atoms with Crippen LogP contribution in [0.5, 0.6) is 5.75 Å². The predicted octanol–water partition coefficient (Wildman–Crippen LogP) is 3.74. The van der Waals surface area contributed by atoms with Gasteiger partial charge in [-0.25, -0.2) is 0 Å². The highest BCUT2D eigenvalue weighted by atomic mass is 79.9. The lowest BCUT2D eigenvalue weighted by Gasteiger charge is -2.20. The van der Waals surface area contributed by atoms with Crippen molar-refractivity contribution in [1.29, 1.82) is 0 Å². The van der Waals surface area contributed by atoms with Crippen LogP contribution < -0.4 is 10.1 Å². The summed E-state index contributed by atoms with van der Waals surface area (Å²) in [6.45, 7) is 5.76. The minimum atomic E-state index is 0.439. The maximum atomic E-state index is 5.87.